The second-order valence-corrected chi connectivity index (χ2v) is 7.54. The fraction of sp³-hybridized carbons (Fsp3) is 0.917. The minimum Gasteiger partial charge on any atom is -0.409 e. The van der Waals surface area contributed by atoms with Gasteiger partial charge < -0.3 is 10.9 Å². The highest BCUT2D eigenvalue weighted by Gasteiger charge is 2.37. The van der Waals surface area contributed by atoms with Crippen LogP contribution in [0.4, 0.5) is 0 Å². The van der Waals surface area contributed by atoms with Crippen LogP contribution in [-0.4, -0.2) is 42.1 Å². The second-order valence-electron chi connectivity index (χ2n) is 5.58. The molecule has 0 amide bonds. The van der Waals surface area contributed by atoms with Gasteiger partial charge in [-0.05, 0) is 31.6 Å². The molecule has 0 aromatic carbocycles. The van der Waals surface area contributed by atoms with Crippen LogP contribution < -0.4 is 5.73 Å². The number of hydrogen-bond acceptors (Lipinski definition) is 4. The lowest BCUT2D eigenvalue weighted by molar-refractivity contribution is 0.311. The molecule has 110 valence electrons. The number of sulfonamides is 1. The zero-order valence-corrected chi connectivity index (χ0v) is 12.0. The molecule has 1 aliphatic heterocycles. The van der Waals surface area contributed by atoms with Crippen molar-refractivity contribution in [2.45, 2.75) is 51.0 Å². The first-order valence-corrected chi connectivity index (χ1v) is 8.62. The Morgan fingerprint density at radius 3 is 2.53 bits per heavy atom. The third kappa shape index (κ3) is 3.39. The highest BCUT2D eigenvalue weighted by atomic mass is 32.2. The van der Waals surface area contributed by atoms with Crippen LogP contribution in [0.5, 0.6) is 0 Å². The summed E-state index contributed by atoms with van der Waals surface area (Å²) in [4.78, 5) is 0. The Morgan fingerprint density at radius 1 is 1.21 bits per heavy atom. The van der Waals surface area contributed by atoms with Crippen LogP contribution in [0.25, 0.3) is 0 Å². The van der Waals surface area contributed by atoms with Crippen LogP contribution >= 0.6 is 0 Å². The van der Waals surface area contributed by atoms with E-state index in [2.05, 4.69) is 5.16 Å². The normalized spacial score (nSPS) is 27.8. The summed E-state index contributed by atoms with van der Waals surface area (Å²) in [6.45, 7) is 0.482. The summed E-state index contributed by atoms with van der Waals surface area (Å²) >= 11 is 0. The van der Waals surface area contributed by atoms with Gasteiger partial charge in [-0.1, -0.05) is 24.4 Å². The van der Waals surface area contributed by atoms with Crippen molar-refractivity contribution in [3.63, 3.8) is 0 Å². The Labute approximate surface area is 114 Å². The lowest BCUT2D eigenvalue weighted by atomic mass is 9.91. The molecular weight excluding hydrogens is 266 g/mol. The summed E-state index contributed by atoms with van der Waals surface area (Å²) in [5.74, 6) is 0.486. The van der Waals surface area contributed by atoms with Gasteiger partial charge in [0.05, 0.1) is 11.8 Å². The van der Waals surface area contributed by atoms with E-state index in [4.69, 9.17) is 10.9 Å². The maximum Gasteiger partial charge on any atom is 0.215 e. The Bertz CT molecular complexity index is 430. The zero-order valence-electron chi connectivity index (χ0n) is 11.2. The van der Waals surface area contributed by atoms with Gasteiger partial charge in [-0.2, -0.15) is 4.31 Å². The topological polar surface area (TPSA) is 96.0 Å². The average molecular weight is 289 g/mol. The van der Waals surface area contributed by atoms with Crippen molar-refractivity contribution in [3.8, 4) is 0 Å². The molecule has 0 aromatic rings. The van der Waals surface area contributed by atoms with Crippen LogP contribution in [-0.2, 0) is 10.0 Å². The summed E-state index contributed by atoms with van der Waals surface area (Å²) in [6, 6.07) is -0.460. The average Bonchev–Trinajstić information content (AvgIpc) is 2.88. The van der Waals surface area contributed by atoms with Crippen LogP contribution in [0.15, 0.2) is 5.16 Å². The minimum absolute atomic E-state index is 0.00437. The number of amidine groups is 1. The maximum atomic E-state index is 12.5. The molecule has 1 aliphatic carbocycles. The molecule has 2 rings (SSSR count). The van der Waals surface area contributed by atoms with Crippen molar-refractivity contribution in [1.29, 1.82) is 0 Å². The fourth-order valence-electron chi connectivity index (χ4n) is 3.18. The first kappa shape index (κ1) is 14.6. The van der Waals surface area contributed by atoms with Crippen LogP contribution in [0.3, 0.4) is 0 Å². The number of rotatable bonds is 4. The lowest BCUT2D eigenvalue weighted by Crippen LogP contribution is -2.45. The first-order valence-electron chi connectivity index (χ1n) is 7.01. The predicted octanol–water partition coefficient (Wildman–Crippen LogP) is 1.11. The SMILES string of the molecule is NC(=NO)C1CCCN1S(=O)(=O)CC1CCCCC1. The largest absolute Gasteiger partial charge is 0.409 e. The van der Waals surface area contributed by atoms with E-state index in [-0.39, 0.29) is 17.5 Å². The molecule has 1 saturated heterocycles. The minimum atomic E-state index is -3.30. The monoisotopic (exact) mass is 289 g/mol. The second kappa shape index (κ2) is 6.09. The van der Waals surface area contributed by atoms with Gasteiger partial charge in [0.2, 0.25) is 10.0 Å². The molecule has 3 N–H and O–H groups in total. The highest BCUT2D eigenvalue weighted by molar-refractivity contribution is 7.89. The van der Waals surface area contributed by atoms with Crippen molar-refractivity contribution in [2.24, 2.45) is 16.8 Å². The summed E-state index contributed by atoms with van der Waals surface area (Å²) in [6.07, 6.45) is 6.88. The molecule has 0 aromatic heterocycles. The Morgan fingerprint density at radius 2 is 1.89 bits per heavy atom. The quantitative estimate of drug-likeness (QED) is 0.351. The molecule has 6 nitrogen and oxygen atoms in total. The van der Waals surface area contributed by atoms with Gasteiger partial charge in [-0.3, -0.25) is 0 Å². The van der Waals surface area contributed by atoms with E-state index in [0.717, 1.165) is 32.1 Å². The van der Waals surface area contributed by atoms with E-state index in [1.807, 2.05) is 0 Å². The molecule has 1 atom stereocenters. The summed E-state index contributed by atoms with van der Waals surface area (Å²) in [5.41, 5.74) is 5.59. The van der Waals surface area contributed by atoms with E-state index in [1.165, 1.54) is 10.7 Å². The standard InChI is InChI=1S/C12H23N3O3S/c13-12(14-16)11-7-4-8-15(11)19(17,18)9-10-5-2-1-3-6-10/h10-11,16H,1-9H2,(H2,13,14). The zero-order chi connectivity index (χ0) is 13.9. The molecule has 1 unspecified atom stereocenters. The van der Waals surface area contributed by atoms with Gasteiger partial charge >= 0.3 is 0 Å². The number of hydrogen-bond donors (Lipinski definition) is 2. The third-order valence-corrected chi connectivity index (χ3v) is 6.23. The number of nitrogens with zero attached hydrogens (tertiary/aromatic N) is 2. The molecule has 7 heteroatoms. The van der Waals surface area contributed by atoms with Crippen molar-refractivity contribution in [3.05, 3.63) is 0 Å². The summed E-state index contributed by atoms with van der Waals surface area (Å²) in [7, 11) is -3.30. The maximum absolute atomic E-state index is 12.5. The highest BCUT2D eigenvalue weighted by Crippen LogP contribution is 2.28. The van der Waals surface area contributed by atoms with E-state index in [1.54, 1.807) is 0 Å². The molecule has 1 heterocycles. The Kier molecular flexibility index (Phi) is 4.67. The van der Waals surface area contributed by atoms with Crippen molar-refractivity contribution in [2.75, 3.05) is 12.3 Å². The number of oxime groups is 1. The summed E-state index contributed by atoms with van der Waals surface area (Å²) in [5, 5.41) is 11.7. The Balaban J connectivity index is 2.05. The van der Waals surface area contributed by atoms with Crippen LogP contribution in [0, 0.1) is 5.92 Å². The van der Waals surface area contributed by atoms with E-state index in [0.29, 0.717) is 13.0 Å². The van der Waals surface area contributed by atoms with Gasteiger partial charge in [0, 0.05) is 6.54 Å². The first-order chi connectivity index (χ1) is 9.04. The molecule has 2 fully saturated rings. The molecular formula is C12H23N3O3S. The molecule has 1 saturated carbocycles. The van der Waals surface area contributed by atoms with Crippen molar-refractivity contribution in [1.82, 2.24) is 4.31 Å². The van der Waals surface area contributed by atoms with Gasteiger partial charge in [-0.25, -0.2) is 8.42 Å². The summed E-state index contributed by atoms with van der Waals surface area (Å²) < 4.78 is 26.4. The van der Waals surface area contributed by atoms with Gasteiger partial charge in [-0.15, -0.1) is 0 Å². The smallest absolute Gasteiger partial charge is 0.215 e. The van der Waals surface area contributed by atoms with Gasteiger partial charge in [0.1, 0.15) is 0 Å². The van der Waals surface area contributed by atoms with Gasteiger partial charge in [0.15, 0.2) is 5.84 Å². The molecule has 0 spiro atoms. The van der Waals surface area contributed by atoms with Crippen molar-refractivity contribution < 1.29 is 13.6 Å². The molecule has 2 aliphatic rings. The molecule has 0 bridgehead atoms. The Hall–Kier alpha value is -0.820. The van der Waals surface area contributed by atoms with Crippen LogP contribution in [0.2, 0.25) is 0 Å². The van der Waals surface area contributed by atoms with Crippen LogP contribution in [0.1, 0.15) is 44.9 Å². The lowest BCUT2D eigenvalue weighted by Gasteiger charge is -2.27. The van der Waals surface area contributed by atoms with Crippen molar-refractivity contribution >= 4 is 15.9 Å². The van der Waals surface area contributed by atoms with E-state index >= 15 is 0 Å². The molecule has 0 radical (unpaired) electrons. The number of nitrogens with two attached hydrogens (primary N) is 1. The third-order valence-electron chi connectivity index (χ3n) is 4.19. The van der Waals surface area contributed by atoms with E-state index < -0.39 is 16.1 Å². The molecule has 19 heavy (non-hydrogen) atoms. The van der Waals surface area contributed by atoms with E-state index in [9.17, 15) is 8.42 Å². The van der Waals surface area contributed by atoms with Gasteiger partial charge in [0.25, 0.3) is 0 Å². The predicted molar refractivity (Wildman–Crippen MR) is 73.5 cm³/mol. The fourth-order valence-corrected chi connectivity index (χ4v) is 5.31.